The van der Waals surface area contributed by atoms with Gasteiger partial charge in [0.1, 0.15) is 0 Å². The Hall–Kier alpha value is -0.120. The van der Waals surface area contributed by atoms with Crippen molar-refractivity contribution in [2.75, 3.05) is 26.4 Å². The monoisotopic (exact) mass is 218 g/mol. The molecule has 3 heteroatoms. The highest BCUT2D eigenvalue weighted by Crippen LogP contribution is 2.24. The molecule has 0 radical (unpaired) electrons. The minimum absolute atomic E-state index is 0.0318. The zero-order valence-electron chi connectivity index (χ0n) is 10.5. The van der Waals surface area contributed by atoms with Gasteiger partial charge >= 0.3 is 0 Å². The molecule has 0 aliphatic heterocycles. The molecule has 0 bridgehead atoms. The van der Waals surface area contributed by atoms with Crippen LogP contribution in [0.3, 0.4) is 0 Å². The van der Waals surface area contributed by atoms with Crippen LogP contribution in [0.1, 0.15) is 40.5 Å². The van der Waals surface area contributed by atoms with Gasteiger partial charge in [0.25, 0.3) is 0 Å². The first-order valence-electron chi connectivity index (χ1n) is 5.62. The molecule has 0 aromatic heterocycles. The maximum atomic E-state index is 8.86. The zero-order chi connectivity index (χ0) is 11.9. The highest BCUT2D eigenvalue weighted by Gasteiger charge is 2.21. The molecule has 0 fully saturated rings. The van der Waals surface area contributed by atoms with E-state index in [4.69, 9.17) is 14.9 Å². The molecule has 0 aromatic rings. The summed E-state index contributed by atoms with van der Waals surface area (Å²) in [6, 6.07) is 0. The second kappa shape index (κ2) is 6.46. The Kier molecular flexibility index (Phi) is 6.41. The van der Waals surface area contributed by atoms with E-state index in [2.05, 4.69) is 27.7 Å². The van der Waals surface area contributed by atoms with Crippen LogP contribution in [0.4, 0.5) is 0 Å². The van der Waals surface area contributed by atoms with Crippen molar-refractivity contribution in [2.24, 2.45) is 10.8 Å². The van der Waals surface area contributed by atoms with Gasteiger partial charge in [-0.05, 0) is 23.7 Å². The number of hydrogen-bond acceptors (Lipinski definition) is 3. The Bertz CT molecular complexity index is 146. The molecule has 0 amide bonds. The van der Waals surface area contributed by atoms with Crippen LogP contribution in [0.5, 0.6) is 0 Å². The first kappa shape index (κ1) is 14.9. The predicted octanol–water partition coefficient (Wildman–Crippen LogP) is 1.82. The molecule has 0 aliphatic carbocycles. The zero-order valence-corrected chi connectivity index (χ0v) is 10.5. The molecule has 3 nitrogen and oxygen atoms in total. The fraction of sp³-hybridized carbons (Fsp3) is 1.00. The second-order valence-corrected chi connectivity index (χ2v) is 5.77. The standard InChI is InChI=1S/C12H26O3/c1-11(2,5-7-13)9-15-10-12(3,4)6-8-14/h13-14H,5-10H2,1-4H3. The fourth-order valence-corrected chi connectivity index (χ4v) is 1.35. The van der Waals surface area contributed by atoms with E-state index in [1.165, 1.54) is 0 Å². The third kappa shape index (κ3) is 7.77. The van der Waals surface area contributed by atoms with Crippen molar-refractivity contribution < 1.29 is 14.9 Å². The van der Waals surface area contributed by atoms with E-state index in [0.29, 0.717) is 13.2 Å². The predicted molar refractivity (Wildman–Crippen MR) is 61.8 cm³/mol. The molecule has 0 rings (SSSR count). The van der Waals surface area contributed by atoms with Crippen LogP contribution in [0.15, 0.2) is 0 Å². The topological polar surface area (TPSA) is 49.7 Å². The summed E-state index contributed by atoms with van der Waals surface area (Å²) < 4.78 is 5.65. The van der Waals surface area contributed by atoms with Gasteiger partial charge in [-0.15, -0.1) is 0 Å². The van der Waals surface area contributed by atoms with Crippen molar-refractivity contribution >= 4 is 0 Å². The van der Waals surface area contributed by atoms with Gasteiger partial charge in [0.2, 0.25) is 0 Å². The van der Waals surface area contributed by atoms with Crippen LogP contribution in [0.25, 0.3) is 0 Å². The summed E-state index contributed by atoms with van der Waals surface area (Å²) >= 11 is 0. The Morgan fingerprint density at radius 2 is 1.13 bits per heavy atom. The summed E-state index contributed by atoms with van der Waals surface area (Å²) in [4.78, 5) is 0. The first-order chi connectivity index (χ1) is 6.83. The number of aliphatic hydroxyl groups excluding tert-OH is 2. The molecule has 2 N–H and O–H groups in total. The van der Waals surface area contributed by atoms with E-state index in [-0.39, 0.29) is 24.0 Å². The Morgan fingerprint density at radius 1 is 0.800 bits per heavy atom. The molecule has 0 aliphatic rings. The Morgan fingerprint density at radius 3 is 1.40 bits per heavy atom. The first-order valence-corrected chi connectivity index (χ1v) is 5.62. The lowest BCUT2D eigenvalue weighted by atomic mass is 9.89. The van der Waals surface area contributed by atoms with E-state index in [9.17, 15) is 0 Å². The third-order valence-electron chi connectivity index (χ3n) is 2.56. The molecule has 15 heavy (non-hydrogen) atoms. The Balaban J connectivity index is 3.77. The van der Waals surface area contributed by atoms with Crippen LogP contribution < -0.4 is 0 Å². The van der Waals surface area contributed by atoms with Gasteiger partial charge in [-0.2, -0.15) is 0 Å². The van der Waals surface area contributed by atoms with Crippen molar-refractivity contribution in [3.8, 4) is 0 Å². The van der Waals surface area contributed by atoms with E-state index in [1.54, 1.807) is 0 Å². The number of rotatable bonds is 8. The van der Waals surface area contributed by atoms with E-state index in [1.807, 2.05) is 0 Å². The van der Waals surface area contributed by atoms with Gasteiger partial charge in [-0.1, -0.05) is 27.7 Å². The van der Waals surface area contributed by atoms with Crippen molar-refractivity contribution in [2.45, 2.75) is 40.5 Å². The Labute approximate surface area is 93.5 Å². The van der Waals surface area contributed by atoms with E-state index in [0.717, 1.165) is 12.8 Å². The van der Waals surface area contributed by atoms with Crippen LogP contribution in [0.2, 0.25) is 0 Å². The highest BCUT2D eigenvalue weighted by atomic mass is 16.5. The minimum atomic E-state index is 0.0318. The fourth-order valence-electron chi connectivity index (χ4n) is 1.35. The quantitative estimate of drug-likeness (QED) is 0.653. The third-order valence-corrected chi connectivity index (χ3v) is 2.56. The largest absolute Gasteiger partial charge is 0.396 e. The maximum Gasteiger partial charge on any atom is 0.0518 e. The van der Waals surface area contributed by atoms with Crippen LogP contribution in [-0.4, -0.2) is 36.6 Å². The number of hydrogen-bond donors (Lipinski definition) is 2. The summed E-state index contributed by atoms with van der Waals surface area (Å²) in [6.07, 6.45) is 1.51. The molecule has 92 valence electrons. The van der Waals surface area contributed by atoms with Crippen LogP contribution >= 0.6 is 0 Å². The highest BCUT2D eigenvalue weighted by molar-refractivity contribution is 4.70. The average molecular weight is 218 g/mol. The molecule has 0 saturated heterocycles. The molecule has 0 spiro atoms. The summed E-state index contributed by atoms with van der Waals surface area (Å²) in [5, 5.41) is 17.7. The molecule has 0 heterocycles. The van der Waals surface area contributed by atoms with Crippen molar-refractivity contribution in [1.29, 1.82) is 0 Å². The minimum Gasteiger partial charge on any atom is -0.396 e. The normalized spacial score (nSPS) is 13.2. The average Bonchev–Trinajstić information content (AvgIpc) is 2.02. The van der Waals surface area contributed by atoms with Gasteiger partial charge in [-0.3, -0.25) is 0 Å². The lowest BCUT2D eigenvalue weighted by Gasteiger charge is -2.28. The maximum absolute atomic E-state index is 8.86. The van der Waals surface area contributed by atoms with Gasteiger partial charge in [0, 0.05) is 13.2 Å². The molecule has 0 unspecified atom stereocenters. The van der Waals surface area contributed by atoms with E-state index >= 15 is 0 Å². The second-order valence-electron chi connectivity index (χ2n) is 5.77. The van der Waals surface area contributed by atoms with Crippen molar-refractivity contribution in [3.05, 3.63) is 0 Å². The van der Waals surface area contributed by atoms with Crippen molar-refractivity contribution in [3.63, 3.8) is 0 Å². The van der Waals surface area contributed by atoms with Gasteiger partial charge in [-0.25, -0.2) is 0 Å². The van der Waals surface area contributed by atoms with Gasteiger partial charge in [0.05, 0.1) is 13.2 Å². The number of ether oxygens (including phenoxy) is 1. The lowest BCUT2D eigenvalue weighted by molar-refractivity contribution is 0.0000791. The summed E-state index contributed by atoms with van der Waals surface area (Å²) in [5.74, 6) is 0. The number of aliphatic hydroxyl groups is 2. The molecular weight excluding hydrogens is 192 g/mol. The van der Waals surface area contributed by atoms with Crippen LogP contribution in [-0.2, 0) is 4.74 Å². The van der Waals surface area contributed by atoms with Crippen molar-refractivity contribution in [1.82, 2.24) is 0 Å². The smallest absolute Gasteiger partial charge is 0.0518 e. The molecule has 0 aromatic carbocycles. The molecule has 0 saturated carbocycles. The molecular formula is C12H26O3. The van der Waals surface area contributed by atoms with Gasteiger partial charge < -0.3 is 14.9 Å². The molecule has 0 atom stereocenters. The summed E-state index contributed by atoms with van der Waals surface area (Å²) in [6.45, 7) is 10.1. The SMILES string of the molecule is CC(C)(CCO)COCC(C)(C)CCO. The van der Waals surface area contributed by atoms with Gasteiger partial charge in [0.15, 0.2) is 0 Å². The summed E-state index contributed by atoms with van der Waals surface area (Å²) in [7, 11) is 0. The van der Waals surface area contributed by atoms with Crippen LogP contribution in [0, 0.1) is 10.8 Å². The summed E-state index contributed by atoms with van der Waals surface area (Å²) in [5.41, 5.74) is 0.0636. The van der Waals surface area contributed by atoms with E-state index < -0.39 is 0 Å². The lowest BCUT2D eigenvalue weighted by Crippen LogP contribution is -2.26.